The van der Waals surface area contributed by atoms with Crippen molar-refractivity contribution >= 4 is 29.2 Å². The first-order chi connectivity index (χ1) is 8.93. The maximum atomic E-state index is 11.2. The van der Waals surface area contributed by atoms with Gasteiger partial charge in [-0.05, 0) is 56.6 Å². The Morgan fingerprint density at radius 2 is 2.00 bits per heavy atom. The van der Waals surface area contributed by atoms with Crippen molar-refractivity contribution in [3.05, 3.63) is 33.8 Å². The third-order valence-electron chi connectivity index (χ3n) is 3.81. The third-order valence-corrected chi connectivity index (χ3v) is 4.37. The minimum atomic E-state index is -0.828. The number of benzene rings is 1. The first kappa shape index (κ1) is 14.6. The molecule has 1 aliphatic heterocycles. The number of carboxylic acids is 1. The van der Waals surface area contributed by atoms with Crippen LogP contribution in [0.1, 0.15) is 31.7 Å². The molecule has 1 aromatic carbocycles. The molecule has 3 nitrogen and oxygen atoms in total. The molecule has 1 saturated heterocycles. The molecular weight excluding hydrogens is 285 g/mol. The molecule has 2 rings (SSSR count). The van der Waals surface area contributed by atoms with Gasteiger partial charge in [0.1, 0.15) is 0 Å². The van der Waals surface area contributed by atoms with Crippen LogP contribution in [-0.2, 0) is 10.3 Å². The molecule has 1 aliphatic rings. The van der Waals surface area contributed by atoms with Crippen LogP contribution in [0, 0.1) is 0 Å². The molecule has 0 amide bonds. The average molecular weight is 302 g/mol. The van der Waals surface area contributed by atoms with Crippen LogP contribution in [0.4, 0.5) is 0 Å². The van der Waals surface area contributed by atoms with Gasteiger partial charge in [-0.15, -0.1) is 0 Å². The number of likely N-dealkylation sites (tertiary alicyclic amines) is 1. The molecular formula is C14H17Cl2NO2. The van der Waals surface area contributed by atoms with Crippen LogP contribution in [0.5, 0.6) is 0 Å². The van der Waals surface area contributed by atoms with Crippen LogP contribution in [0.15, 0.2) is 18.2 Å². The molecule has 0 spiro atoms. The molecule has 1 aromatic rings. The van der Waals surface area contributed by atoms with E-state index in [2.05, 4.69) is 4.90 Å². The highest BCUT2D eigenvalue weighted by molar-refractivity contribution is 6.33. The summed E-state index contributed by atoms with van der Waals surface area (Å²) >= 11 is 12.3. The summed E-state index contributed by atoms with van der Waals surface area (Å²) < 4.78 is 0. The van der Waals surface area contributed by atoms with Crippen molar-refractivity contribution in [3.8, 4) is 0 Å². The predicted molar refractivity (Wildman–Crippen MR) is 76.9 cm³/mol. The summed E-state index contributed by atoms with van der Waals surface area (Å²) in [5, 5.41) is 10.4. The van der Waals surface area contributed by atoms with Gasteiger partial charge in [-0.25, -0.2) is 0 Å². The first-order valence-corrected chi connectivity index (χ1v) is 7.11. The standard InChI is InChI=1S/C14H17Cl2NO2/c1-14(9-13(18)19,17-6-2-3-7-17)11-8-10(15)4-5-12(11)16/h4-5,8H,2-3,6-7,9H2,1H3,(H,18,19). The van der Waals surface area contributed by atoms with Gasteiger partial charge in [0.15, 0.2) is 0 Å². The zero-order chi connectivity index (χ0) is 14.0. The summed E-state index contributed by atoms with van der Waals surface area (Å²) in [5.41, 5.74) is 0.190. The lowest BCUT2D eigenvalue weighted by Gasteiger charge is -2.39. The fourth-order valence-electron chi connectivity index (χ4n) is 2.79. The zero-order valence-electron chi connectivity index (χ0n) is 10.8. The highest BCUT2D eigenvalue weighted by Crippen LogP contribution is 2.39. The van der Waals surface area contributed by atoms with Gasteiger partial charge in [0.25, 0.3) is 0 Å². The maximum absolute atomic E-state index is 11.2. The van der Waals surface area contributed by atoms with Gasteiger partial charge in [-0.1, -0.05) is 23.2 Å². The number of nitrogens with zero attached hydrogens (tertiary/aromatic N) is 1. The summed E-state index contributed by atoms with van der Waals surface area (Å²) in [6.45, 7) is 3.73. The summed E-state index contributed by atoms with van der Waals surface area (Å²) in [5.74, 6) is -0.828. The number of aliphatic carboxylic acids is 1. The molecule has 0 aliphatic carbocycles. The normalized spacial score (nSPS) is 19.3. The van der Waals surface area contributed by atoms with Gasteiger partial charge >= 0.3 is 5.97 Å². The molecule has 0 saturated carbocycles. The van der Waals surface area contributed by atoms with Crippen molar-refractivity contribution in [2.75, 3.05) is 13.1 Å². The maximum Gasteiger partial charge on any atom is 0.305 e. The number of carboxylic acid groups (broad SMARTS) is 1. The number of carbonyl (C=O) groups is 1. The van der Waals surface area contributed by atoms with Crippen molar-refractivity contribution < 1.29 is 9.90 Å². The number of hydrogen-bond acceptors (Lipinski definition) is 2. The Labute approximate surface area is 123 Å². The van der Waals surface area contributed by atoms with Crippen LogP contribution in [0.3, 0.4) is 0 Å². The van der Waals surface area contributed by atoms with E-state index >= 15 is 0 Å². The van der Waals surface area contributed by atoms with Crippen molar-refractivity contribution in [1.29, 1.82) is 0 Å². The highest BCUT2D eigenvalue weighted by atomic mass is 35.5. The van der Waals surface area contributed by atoms with Crippen molar-refractivity contribution in [2.45, 2.75) is 31.7 Å². The van der Waals surface area contributed by atoms with E-state index < -0.39 is 11.5 Å². The van der Waals surface area contributed by atoms with Crippen LogP contribution in [0.2, 0.25) is 10.0 Å². The van der Waals surface area contributed by atoms with Gasteiger partial charge in [-0.3, -0.25) is 9.69 Å². The lowest BCUT2D eigenvalue weighted by Crippen LogP contribution is -2.44. The van der Waals surface area contributed by atoms with Gasteiger partial charge in [0.05, 0.1) is 12.0 Å². The zero-order valence-corrected chi connectivity index (χ0v) is 12.3. The van der Waals surface area contributed by atoms with Crippen LogP contribution in [0.25, 0.3) is 0 Å². The Morgan fingerprint density at radius 1 is 1.37 bits per heavy atom. The fourth-order valence-corrected chi connectivity index (χ4v) is 3.29. The second-order valence-corrected chi connectivity index (χ2v) is 6.01. The average Bonchev–Trinajstić information content (AvgIpc) is 2.85. The minimum Gasteiger partial charge on any atom is -0.481 e. The van der Waals surface area contributed by atoms with Crippen LogP contribution < -0.4 is 0 Å². The van der Waals surface area contributed by atoms with E-state index in [9.17, 15) is 9.90 Å². The van der Waals surface area contributed by atoms with Crippen LogP contribution >= 0.6 is 23.2 Å². The Hall–Kier alpha value is -0.770. The van der Waals surface area contributed by atoms with E-state index in [0.717, 1.165) is 31.5 Å². The van der Waals surface area contributed by atoms with Gasteiger partial charge in [-0.2, -0.15) is 0 Å². The molecule has 19 heavy (non-hydrogen) atoms. The van der Waals surface area contributed by atoms with E-state index in [-0.39, 0.29) is 6.42 Å². The molecule has 0 bridgehead atoms. The van der Waals surface area contributed by atoms with E-state index in [1.54, 1.807) is 18.2 Å². The van der Waals surface area contributed by atoms with Gasteiger partial charge < -0.3 is 5.11 Å². The lowest BCUT2D eigenvalue weighted by atomic mass is 9.86. The Morgan fingerprint density at radius 3 is 2.58 bits per heavy atom. The molecule has 1 N–H and O–H groups in total. The van der Waals surface area contributed by atoms with E-state index in [4.69, 9.17) is 23.2 Å². The fraction of sp³-hybridized carbons (Fsp3) is 0.500. The van der Waals surface area contributed by atoms with Crippen LogP contribution in [-0.4, -0.2) is 29.1 Å². The van der Waals surface area contributed by atoms with Crippen molar-refractivity contribution in [2.24, 2.45) is 0 Å². The second kappa shape index (κ2) is 5.70. The highest BCUT2D eigenvalue weighted by Gasteiger charge is 2.38. The summed E-state index contributed by atoms with van der Waals surface area (Å²) in [4.78, 5) is 13.4. The molecule has 1 fully saturated rings. The Balaban J connectivity index is 2.46. The number of halogens is 2. The molecule has 104 valence electrons. The Kier molecular flexibility index (Phi) is 4.39. The van der Waals surface area contributed by atoms with Crippen molar-refractivity contribution in [3.63, 3.8) is 0 Å². The largest absolute Gasteiger partial charge is 0.481 e. The smallest absolute Gasteiger partial charge is 0.305 e. The monoisotopic (exact) mass is 301 g/mol. The number of rotatable bonds is 4. The molecule has 1 atom stereocenters. The lowest BCUT2D eigenvalue weighted by molar-refractivity contribution is -0.140. The quantitative estimate of drug-likeness (QED) is 0.920. The molecule has 1 heterocycles. The number of hydrogen-bond donors (Lipinski definition) is 1. The topological polar surface area (TPSA) is 40.5 Å². The van der Waals surface area contributed by atoms with E-state index in [1.807, 2.05) is 6.92 Å². The first-order valence-electron chi connectivity index (χ1n) is 6.36. The molecule has 5 heteroatoms. The second-order valence-electron chi connectivity index (χ2n) is 5.16. The van der Waals surface area contributed by atoms with Gasteiger partial charge in [0, 0.05) is 10.0 Å². The van der Waals surface area contributed by atoms with Gasteiger partial charge in [0.2, 0.25) is 0 Å². The van der Waals surface area contributed by atoms with E-state index in [1.165, 1.54) is 0 Å². The van der Waals surface area contributed by atoms with Crippen molar-refractivity contribution in [1.82, 2.24) is 4.90 Å². The molecule has 0 radical (unpaired) electrons. The summed E-state index contributed by atoms with van der Waals surface area (Å²) in [6, 6.07) is 5.24. The SMILES string of the molecule is CC(CC(=O)O)(c1cc(Cl)ccc1Cl)N1CCCC1. The molecule has 1 unspecified atom stereocenters. The molecule has 0 aromatic heterocycles. The minimum absolute atomic E-state index is 0.0209. The predicted octanol–water partition coefficient (Wildman–Crippen LogP) is 3.78. The van der Waals surface area contributed by atoms with E-state index in [0.29, 0.717) is 10.0 Å². The summed E-state index contributed by atoms with van der Waals surface area (Å²) in [6.07, 6.45) is 2.20. The Bertz CT molecular complexity index is 486. The third kappa shape index (κ3) is 3.04. The summed E-state index contributed by atoms with van der Waals surface area (Å²) in [7, 11) is 0.